The van der Waals surface area contributed by atoms with Crippen molar-refractivity contribution >= 4 is 0 Å². The zero-order valence-corrected chi connectivity index (χ0v) is 11.4. The van der Waals surface area contributed by atoms with E-state index in [-0.39, 0.29) is 0 Å². The van der Waals surface area contributed by atoms with Gasteiger partial charge in [-0.05, 0) is 18.2 Å². The van der Waals surface area contributed by atoms with Crippen molar-refractivity contribution in [2.45, 2.75) is 0 Å². The molecule has 2 heterocycles. The molecule has 0 N–H and O–H groups in total. The zero-order valence-electron chi connectivity index (χ0n) is 11.4. The van der Waals surface area contributed by atoms with Crippen LogP contribution in [-0.2, 0) is 0 Å². The molecule has 5 nitrogen and oxygen atoms in total. The van der Waals surface area contributed by atoms with Crippen molar-refractivity contribution < 1.29 is 9.47 Å². The lowest BCUT2D eigenvalue weighted by Crippen LogP contribution is -1.92. The van der Waals surface area contributed by atoms with E-state index in [1.54, 1.807) is 25.4 Å². The Morgan fingerprint density at radius 3 is 2.43 bits per heavy atom. The Kier molecular flexibility index (Phi) is 3.73. The average Bonchev–Trinajstić information content (AvgIpc) is 2.56. The van der Waals surface area contributed by atoms with Crippen molar-refractivity contribution in [3.63, 3.8) is 0 Å². The summed E-state index contributed by atoms with van der Waals surface area (Å²) < 4.78 is 10.7. The minimum atomic E-state index is 0.518. The summed E-state index contributed by atoms with van der Waals surface area (Å²) in [5, 5.41) is 0. The minimum absolute atomic E-state index is 0.518. The number of rotatable bonds is 4. The molecule has 21 heavy (non-hydrogen) atoms. The molecule has 5 heteroatoms. The molecule has 0 fully saturated rings. The van der Waals surface area contributed by atoms with Gasteiger partial charge in [-0.2, -0.15) is 0 Å². The van der Waals surface area contributed by atoms with Crippen molar-refractivity contribution in [2.75, 3.05) is 7.11 Å². The maximum Gasteiger partial charge on any atom is 0.219 e. The Balaban J connectivity index is 1.80. The summed E-state index contributed by atoms with van der Waals surface area (Å²) in [5.74, 6) is 1.80. The minimum Gasteiger partial charge on any atom is -0.481 e. The monoisotopic (exact) mass is 279 g/mol. The fraction of sp³-hybridized carbons (Fsp3) is 0.0625. The highest BCUT2D eigenvalue weighted by molar-refractivity contribution is 5.58. The molecule has 0 bridgehead atoms. The van der Waals surface area contributed by atoms with Crippen LogP contribution >= 0.6 is 0 Å². The predicted molar refractivity (Wildman–Crippen MR) is 78.3 cm³/mol. The third-order valence-corrected chi connectivity index (χ3v) is 2.85. The number of hydrogen-bond acceptors (Lipinski definition) is 5. The molecule has 0 radical (unpaired) electrons. The van der Waals surface area contributed by atoms with Gasteiger partial charge in [0.1, 0.15) is 12.1 Å². The summed E-state index contributed by atoms with van der Waals surface area (Å²) in [6.45, 7) is 0. The van der Waals surface area contributed by atoms with Gasteiger partial charge in [0.2, 0.25) is 11.8 Å². The van der Waals surface area contributed by atoms with E-state index < -0.39 is 0 Å². The van der Waals surface area contributed by atoms with Crippen LogP contribution in [0.3, 0.4) is 0 Å². The molecular formula is C16H13N3O2. The largest absolute Gasteiger partial charge is 0.481 e. The van der Waals surface area contributed by atoms with E-state index in [1.165, 1.54) is 6.33 Å². The number of hydrogen-bond donors (Lipinski definition) is 0. The van der Waals surface area contributed by atoms with Gasteiger partial charge in [-0.15, -0.1) is 0 Å². The first-order valence-corrected chi connectivity index (χ1v) is 6.40. The number of methoxy groups -OCH3 is 1. The molecule has 3 aromatic rings. The molecule has 3 rings (SSSR count). The summed E-state index contributed by atoms with van der Waals surface area (Å²) in [7, 11) is 1.57. The fourth-order valence-electron chi connectivity index (χ4n) is 1.81. The van der Waals surface area contributed by atoms with Crippen LogP contribution < -0.4 is 9.47 Å². The Labute approximate surface area is 122 Å². The van der Waals surface area contributed by atoms with Gasteiger partial charge in [0.05, 0.1) is 12.8 Å². The molecule has 0 spiro atoms. The van der Waals surface area contributed by atoms with Crippen LogP contribution in [0.1, 0.15) is 0 Å². The molecule has 0 saturated heterocycles. The SMILES string of the molecule is COc1cc(-c2ccc(Oc3ccccc3)nc2)ncn1. The number of ether oxygens (including phenoxy) is 2. The molecule has 0 atom stereocenters. The highest BCUT2D eigenvalue weighted by atomic mass is 16.5. The van der Waals surface area contributed by atoms with Gasteiger partial charge in [-0.3, -0.25) is 0 Å². The standard InChI is InChI=1S/C16H13N3O2/c1-20-16-9-14(18-11-19-16)12-7-8-15(17-10-12)21-13-5-3-2-4-6-13/h2-11H,1H3. The highest BCUT2D eigenvalue weighted by Gasteiger charge is 2.04. The number of aromatic nitrogens is 3. The van der Waals surface area contributed by atoms with Gasteiger partial charge in [0, 0.05) is 23.9 Å². The first kappa shape index (κ1) is 13.1. The molecule has 0 amide bonds. The second-order valence-corrected chi connectivity index (χ2v) is 4.25. The van der Waals surface area contributed by atoms with Gasteiger partial charge in [0.15, 0.2) is 0 Å². The molecular weight excluding hydrogens is 266 g/mol. The summed E-state index contributed by atoms with van der Waals surface area (Å²) in [4.78, 5) is 12.5. The molecule has 2 aromatic heterocycles. The van der Waals surface area contributed by atoms with E-state index >= 15 is 0 Å². The Bertz CT molecular complexity index is 715. The van der Waals surface area contributed by atoms with Crippen molar-refractivity contribution in [1.29, 1.82) is 0 Å². The Morgan fingerprint density at radius 1 is 0.857 bits per heavy atom. The van der Waals surface area contributed by atoms with Gasteiger partial charge in [-0.1, -0.05) is 18.2 Å². The van der Waals surface area contributed by atoms with E-state index in [1.807, 2.05) is 36.4 Å². The lowest BCUT2D eigenvalue weighted by Gasteiger charge is -2.06. The van der Waals surface area contributed by atoms with E-state index in [4.69, 9.17) is 9.47 Å². The van der Waals surface area contributed by atoms with Crippen LogP contribution in [0.2, 0.25) is 0 Å². The summed E-state index contributed by atoms with van der Waals surface area (Å²) in [6, 6.07) is 15.0. The summed E-state index contributed by atoms with van der Waals surface area (Å²) in [5.41, 5.74) is 1.62. The van der Waals surface area contributed by atoms with Crippen LogP contribution in [0.5, 0.6) is 17.5 Å². The maximum atomic E-state index is 5.65. The number of nitrogens with zero attached hydrogens (tertiary/aromatic N) is 3. The Morgan fingerprint density at radius 2 is 1.71 bits per heavy atom. The lowest BCUT2D eigenvalue weighted by molar-refractivity contribution is 0.397. The molecule has 0 saturated carbocycles. The zero-order chi connectivity index (χ0) is 14.5. The van der Waals surface area contributed by atoms with Crippen molar-refractivity contribution in [3.05, 3.63) is 61.1 Å². The number of para-hydroxylation sites is 1. The Hall–Kier alpha value is -2.95. The molecule has 0 aliphatic carbocycles. The van der Waals surface area contributed by atoms with Gasteiger partial charge < -0.3 is 9.47 Å². The van der Waals surface area contributed by atoms with Gasteiger partial charge in [0.25, 0.3) is 0 Å². The van der Waals surface area contributed by atoms with Crippen molar-refractivity contribution in [2.24, 2.45) is 0 Å². The number of benzene rings is 1. The molecule has 104 valence electrons. The smallest absolute Gasteiger partial charge is 0.219 e. The fourth-order valence-corrected chi connectivity index (χ4v) is 1.81. The van der Waals surface area contributed by atoms with E-state index in [0.717, 1.165) is 17.0 Å². The van der Waals surface area contributed by atoms with E-state index in [9.17, 15) is 0 Å². The van der Waals surface area contributed by atoms with Gasteiger partial charge >= 0.3 is 0 Å². The van der Waals surface area contributed by atoms with Crippen LogP contribution in [-0.4, -0.2) is 22.1 Å². The first-order chi connectivity index (χ1) is 10.3. The van der Waals surface area contributed by atoms with E-state index in [2.05, 4.69) is 15.0 Å². The van der Waals surface area contributed by atoms with Crippen LogP contribution in [0.4, 0.5) is 0 Å². The molecule has 0 unspecified atom stereocenters. The lowest BCUT2D eigenvalue weighted by atomic mass is 10.2. The first-order valence-electron chi connectivity index (χ1n) is 6.40. The normalized spacial score (nSPS) is 10.1. The molecule has 0 aliphatic heterocycles. The average molecular weight is 279 g/mol. The molecule has 1 aromatic carbocycles. The third kappa shape index (κ3) is 3.14. The van der Waals surface area contributed by atoms with E-state index in [0.29, 0.717) is 11.8 Å². The quantitative estimate of drug-likeness (QED) is 0.733. The topological polar surface area (TPSA) is 57.1 Å². The van der Waals surface area contributed by atoms with Crippen molar-refractivity contribution in [3.8, 4) is 28.8 Å². The highest BCUT2D eigenvalue weighted by Crippen LogP contribution is 2.23. The molecule has 0 aliphatic rings. The second kappa shape index (κ2) is 6.00. The predicted octanol–water partition coefficient (Wildman–Crippen LogP) is 3.34. The van der Waals surface area contributed by atoms with Crippen molar-refractivity contribution in [1.82, 2.24) is 15.0 Å². The van der Waals surface area contributed by atoms with Gasteiger partial charge in [-0.25, -0.2) is 15.0 Å². The second-order valence-electron chi connectivity index (χ2n) is 4.25. The van der Waals surface area contributed by atoms with Crippen LogP contribution in [0, 0.1) is 0 Å². The number of pyridine rings is 1. The van der Waals surface area contributed by atoms with Crippen LogP contribution in [0.25, 0.3) is 11.3 Å². The maximum absolute atomic E-state index is 5.65. The summed E-state index contributed by atoms with van der Waals surface area (Å²) >= 11 is 0. The summed E-state index contributed by atoms with van der Waals surface area (Å²) in [6.07, 6.45) is 3.17. The van der Waals surface area contributed by atoms with Crippen LogP contribution in [0.15, 0.2) is 61.1 Å². The third-order valence-electron chi connectivity index (χ3n) is 2.85.